The Morgan fingerprint density at radius 1 is 0.970 bits per heavy atom. The monoisotopic (exact) mass is 548 g/mol. The topological polar surface area (TPSA) is 66.5 Å². The molecule has 0 aliphatic carbocycles. The maximum absolute atomic E-state index is 13.3. The van der Waals surface area contributed by atoms with Crippen LogP contribution in [0.25, 0.3) is 0 Å². The van der Waals surface area contributed by atoms with Gasteiger partial charge in [0.2, 0.25) is 15.9 Å². The molecule has 0 unspecified atom stereocenters. The minimum Gasteiger partial charge on any atom is -0.352 e. The quantitative estimate of drug-likeness (QED) is 0.367. The molecule has 0 saturated heterocycles. The molecular formula is C25H26BrClN2O3S. The number of aryl methyl sites for hydroxylation is 1. The van der Waals surface area contributed by atoms with Gasteiger partial charge in [0, 0.05) is 22.1 Å². The molecule has 33 heavy (non-hydrogen) atoms. The van der Waals surface area contributed by atoms with Crippen molar-refractivity contribution in [1.82, 2.24) is 9.62 Å². The van der Waals surface area contributed by atoms with Gasteiger partial charge in [0.1, 0.15) is 0 Å². The molecule has 0 fully saturated rings. The third-order valence-electron chi connectivity index (χ3n) is 5.16. The molecule has 3 rings (SSSR count). The molecule has 0 saturated carbocycles. The number of halogens is 2. The predicted molar refractivity (Wildman–Crippen MR) is 136 cm³/mol. The molecule has 8 heteroatoms. The van der Waals surface area contributed by atoms with Crippen LogP contribution in [0, 0.1) is 0 Å². The summed E-state index contributed by atoms with van der Waals surface area (Å²) < 4.78 is 28.8. The zero-order chi connectivity index (χ0) is 23.8. The predicted octanol–water partition coefficient (Wildman–Crippen LogP) is 5.43. The van der Waals surface area contributed by atoms with E-state index in [4.69, 9.17) is 11.6 Å². The fraction of sp³-hybridized carbons (Fsp3) is 0.240. The van der Waals surface area contributed by atoms with Crippen molar-refractivity contribution in [3.8, 4) is 0 Å². The highest BCUT2D eigenvalue weighted by Gasteiger charge is 2.27. The normalized spacial score (nSPS) is 12.5. The molecule has 0 aromatic heterocycles. The molecule has 0 bridgehead atoms. The van der Waals surface area contributed by atoms with Crippen LogP contribution in [0.2, 0.25) is 5.02 Å². The lowest BCUT2D eigenvalue weighted by Crippen LogP contribution is -2.43. The minimum atomic E-state index is -3.91. The van der Waals surface area contributed by atoms with Crippen LogP contribution in [-0.4, -0.2) is 31.2 Å². The van der Waals surface area contributed by atoms with Crippen molar-refractivity contribution >= 4 is 43.5 Å². The number of rotatable bonds is 10. The number of carbonyl (C=O) groups is 1. The van der Waals surface area contributed by atoms with Crippen LogP contribution in [-0.2, 0) is 27.8 Å². The van der Waals surface area contributed by atoms with Crippen LogP contribution in [0.1, 0.15) is 24.5 Å². The van der Waals surface area contributed by atoms with Gasteiger partial charge in [-0.15, -0.1) is 0 Å². The Bertz CT molecular complexity index is 1150. The van der Waals surface area contributed by atoms with Crippen molar-refractivity contribution in [3.63, 3.8) is 0 Å². The second-order valence-electron chi connectivity index (χ2n) is 7.85. The van der Waals surface area contributed by atoms with E-state index in [0.29, 0.717) is 5.02 Å². The van der Waals surface area contributed by atoms with E-state index in [1.165, 1.54) is 34.1 Å². The van der Waals surface area contributed by atoms with Crippen LogP contribution in [0.5, 0.6) is 0 Å². The zero-order valence-corrected chi connectivity index (χ0v) is 21.4. The van der Waals surface area contributed by atoms with E-state index in [2.05, 4.69) is 21.2 Å². The Balaban J connectivity index is 1.72. The Morgan fingerprint density at radius 3 is 2.24 bits per heavy atom. The van der Waals surface area contributed by atoms with Gasteiger partial charge in [0.15, 0.2) is 0 Å². The Hall–Kier alpha value is -2.19. The summed E-state index contributed by atoms with van der Waals surface area (Å²) in [5, 5.41) is 3.38. The number of nitrogens with one attached hydrogen (secondary N) is 1. The number of benzene rings is 3. The van der Waals surface area contributed by atoms with E-state index < -0.39 is 10.0 Å². The van der Waals surface area contributed by atoms with Crippen LogP contribution >= 0.6 is 27.5 Å². The molecule has 1 N–H and O–H groups in total. The zero-order valence-electron chi connectivity index (χ0n) is 18.2. The van der Waals surface area contributed by atoms with E-state index in [9.17, 15) is 13.2 Å². The molecule has 174 valence electrons. The highest BCUT2D eigenvalue weighted by atomic mass is 79.9. The summed E-state index contributed by atoms with van der Waals surface area (Å²) in [5.74, 6) is -0.342. The Labute approximate surface area is 209 Å². The molecule has 5 nitrogen and oxygen atoms in total. The number of nitrogens with zero attached hydrogens (tertiary/aromatic N) is 1. The molecule has 1 atom stereocenters. The minimum absolute atomic E-state index is 0.0735. The summed E-state index contributed by atoms with van der Waals surface area (Å²) in [6, 6.07) is 23.2. The van der Waals surface area contributed by atoms with Crippen molar-refractivity contribution in [2.24, 2.45) is 0 Å². The molecule has 3 aromatic carbocycles. The van der Waals surface area contributed by atoms with Gasteiger partial charge in [-0.3, -0.25) is 4.79 Å². The summed E-state index contributed by atoms with van der Waals surface area (Å²) in [7, 11) is -3.91. The maximum Gasteiger partial charge on any atom is 0.243 e. The van der Waals surface area contributed by atoms with Gasteiger partial charge >= 0.3 is 0 Å². The van der Waals surface area contributed by atoms with E-state index in [1.54, 1.807) is 0 Å². The average Bonchev–Trinajstić information content (AvgIpc) is 2.79. The SMILES string of the molecule is C[C@H](CCc1ccccc1)NC(=O)CN(Cc1ccc(Br)cc1)S(=O)(=O)c1ccc(Cl)cc1. The number of hydrogen-bond donors (Lipinski definition) is 1. The van der Waals surface area contributed by atoms with Gasteiger partial charge < -0.3 is 5.32 Å². The lowest BCUT2D eigenvalue weighted by molar-refractivity contribution is -0.122. The first-order chi connectivity index (χ1) is 15.7. The summed E-state index contributed by atoms with van der Waals surface area (Å²) in [5.41, 5.74) is 1.97. The third-order valence-corrected chi connectivity index (χ3v) is 7.75. The average molecular weight is 550 g/mol. The van der Waals surface area contributed by atoms with Crippen molar-refractivity contribution in [3.05, 3.63) is 99.5 Å². The summed E-state index contributed by atoms with van der Waals surface area (Å²) in [6.45, 7) is 1.72. The van der Waals surface area contributed by atoms with Crippen molar-refractivity contribution in [2.75, 3.05) is 6.54 Å². The number of carbonyl (C=O) groups excluding carboxylic acids is 1. The summed E-state index contributed by atoms with van der Waals surface area (Å²) in [4.78, 5) is 12.9. The molecule has 0 spiro atoms. The Morgan fingerprint density at radius 2 is 1.61 bits per heavy atom. The maximum atomic E-state index is 13.3. The van der Waals surface area contributed by atoms with Crippen molar-refractivity contribution < 1.29 is 13.2 Å². The van der Waals surface area contributed by atoms with E-state index in [0.717, 1.165) is 22.9 Å². The van der Waals surface area contributed by atoms with Gasteiger partial charge in [0.05, 0.1) is 11.4 Å². The van der Waals surface area contributed by atoms with E-state index in [-0.39, 0.29) is 29.9 Å². The smallest absolute Gasteiger partial charge is 0.243 e. The van der Waals surface area contributed by atoms with Crippen molar-refractivity contribution in [1.29, 1.82) is 0 Å². The molecular weight excluding hydrogens is 524 g/mol. The number of sulfonamides is 1. The van der Waals surface area contributed by atoms with Crippen LogP contribution in [0.3, 0.4) is 0 Å². The van der Waals surface area contributed by atoms with Crippen LogP contribution in [0.4, 0.5) is 0 Å². The van der Waals surface area contributed by atoms with Gasteiger partial charge in [-0.2, -0.15) is 4.31 Å². The number of amides is 1. The summed E-state index contributed by atoms with van der Waals surface area (Å²) >= 11 is 9.31. The summed E-state index contributed by atoms with van der Waals surface area (Å²) in [6.07, 6.45) is 1.58. The van der Waals surface area contributed by atoms with Crippen LogP contribution < -0.4 is 5.32 Å². The molecule has 0 heterocycles. The first-order valence-electron chi connectivity index (χ1n) is 10.6. The fourth-order valence-electron chi connectivity index (χ4n) is 3.36. The van der Waals surface area contributed by atoms with E-state index >= 15 is 0 Å². The van der Waals surface area contributed by atoms with Gasteiger partial charge in [-0.1, -0.05) is 70.0 Å². The van der Waals surface area contributed by atoms with Gasteiger partial charge in [-0.25, -0.2) is 8.42 Å². The molecule has 3 aromatic rings. The second kappa shape index (κ2) is 11.8. The number of hydrogen-bond acceptors (Lipinski definition) is 3. The van der Waals surface area contributed by atoms with Gasteiger partial charge in [-0.05, 0) is 67.3 Å². The van der Waals surface area contributed by atoms with Gasteiger partial charge in [0.25, 0.3) is 0 Å². The molecule has 0 radical (unpaired) electrons. The highest BCUT2D eigenvalue weighted by Crippen LogP contribution is 2.21. The second-order valence-corrected chi connectivity index (χ2v) is 11.1. The fourth-order valence-corrected chi connectivity index (χ4v) is 5.13. The largest absolute Gasteiger partial charge is 0.352 e. The van der Waals surface area contributed by atoms with E-state index in [1.807, 2.05) is 61.5 Å². The molecule has 0 aliphatic heterocycles. The first kappa shape index (κ1) is 25.4. The van der Waals surface area contributed by atoms with Crippen molar-refractivity contribution in [2.45, 2.75) is 37.2 Å². The van der Waals surface area contributed by atoms with Crippen LogP contribution in [0.15, 0.2) is 88.2 Å². The molecule has 0 aliphatic rings. The highest BCUT2D eigenvalue weighted by molar-refractivity contribution is 9.10. The lowest BCUT2D eigenvalue weighted by atomic mass is 10.1. The lowest BCUT2D eigenvalue weighted by Gasteiger charge is -2.23. The molecule has 1 amide bonds. The Kier molecular flexibility index (Phi) is 9.09. The third kappa shape index (κ3) is 7.67. The standard InChI is InChI=1S/C25H26BrClN2O3S/c1-19(7-8-20-5-3-2-4-6-20)28-25(30)18-29(17-21-9-11-22(26)12-10-21)33(31,32)24-15-13-23(27)14-16-24/h2-6,9-16,19H,7-8,17-18H2,1H3,(H,28,30)/t19-/m1/s1. The first-order valence-corrected chi connectivity index (χ1v) is 13.2.